The van der Waals surface area contributed by atoms with E-state index in [0.29, 0.717) is 28.6 Å². The Kier molecular flexibility index (Phi) is 3.28. The van der Waals surface area contributed by atoms with Crippen molar-refractivity contribution in [2.75, 3.05) is 7.11 Å². The van der Waals surface area contributed by atoms with Crippen LogP contribution in [0, 0.1) is 6.92 Å². The fourth-order valence-electron chi connectivity index (χ4n) is 2.04. The summed E-state index contributed by atoms with van der Waals surface area (Å²) in [5, 5.41) is 0.714. The number of aromatic amines is 1. The third-order valence-corrected chi connectivity index (χ3v) is 3.22. The molecule has 0 saturated heterocycles. The van der Waals surface area contributed by atoms with Crippen LogP contribution in [0.15, 0.2) is 24.3 Å². The summed E-state index contributed by atoms with van der Waals surface area (Å²) in [6, 6.07) is 7.64. The minimum Gasteiger partial charge on any atom is -0.480 e. The molecule has 3 aromatic rings. The van der Waals surface area contributed by atoms with Crippen LogP contribution in [0.4, 0.5) is 0 Å². The highest BCUT2D eigenvalue weighted by molar-refractivity contribution is 6.30. The number of hydrogen-bond donors (Lipinski definition) is 1. The number of fused-ring (bicyclic) bond motifs is 1. The van der Waals surface area contributed by atoms with Gasteiger partial charge in [-0.25, -0.2) is 9.97 Å². The van der Waals surface area contributed by atoms with Gasteiger partial charge in [-0.3, -0.25) is 0 Å². The quantitative estimate of drug-likeness (QED) is 0.805. The summed E-state index contributed by atoms with van der Waals surface area (Å²) in [5.41, 5.74) is 3.11. The van der Waals surface area contributed by atoms with Crippen LogP contribution in [0.5, 0.6) is 5.88 Å². The first kappa shape index (κ1) is 12.9. The summed E-state index contributed by atoms with van der Waals surface area (Å²) in [6.07, 6.45) is 0.626. The van der Waals surface area contributed by atoms with Crippen molar-refractivity contribution in [3.8, 4) is 5.88 Å². The standard InChI is InChI=1S/C14H13ClN4O/c1-8-16-12-13(17-8)19-14(20-2)11(18-12)7-9-3-5-10(15)6-4-9/h3-6H,7H2,1-2H3,(H,16,17,18,19). The summed E-state index contributed by atoms with van der Waals surface area (Å²) < 4.78 is 5.31. The Bertz CT molecular complexity index is 752. The molecule has 2 aromatic heterocycles. The van der Waals surface area contributed by atoms with E-state index in [-0.39, 0.29) is 0 Å². The number of rotatable bonds is 3. The van der Waals surface area contributed by atoms with Crippen LogP contribution in [0.2, 0.25) is 5.02 Å². The van der Waals surface area contributed by atoms with Crippen LogP contribution in [0.1, 0.15) is 17.1 Å². The highest BCUT2D eigenvalue weighted by Crippen LogP contribution is 2.21. The predicted octanol–water partition coefficient (Wildman–Crippen LogP) is 2.91. The molecule has 0 aliphatic rings. The van der Waals surface area contributed by atoms with Crippen molar-refractivity contribution in [1.29, 1.82) is 0 Å². The minimum absolute atomic E-state index is 0.499. The molecule has 0 fully saturated rings. The molecule has 1 aromatic carbocycles. The minimum atomic E-state index is 0.499. The van der Waals surface area contributed by atoms with Crippen LogP contribution in [0.3, 0.4) is 0 Å². The van der Waals surface area contributed by atoms with E-state index in [1.54, 1.807) is 7.11 Å². The topological polar surface area (TPSA) is 63.7 Å². The molecule has 0 spiro atoms. The van der Waals surface area contributed by atoms with Crippen LogP contribution < -0.4 is 4.74 Å². The van der Waals surface area contributed by atoms with Crippen LogP contribution in [-0.4, -0.2) is 27.0 Å². The fraction of sp³-hybridized carbons (Fsp3) is 0.214. The molecule has 6 heteroatoms. The molecule has 2 heterocycles. The van der Waals surface area contributed by atoms with E-state index in [0.717, 1.165) is 17.1 Å². The molecule has 0 aliphatic heterocycles. The molecule has 0 radical (unpaired) electrons. The predicted molar refractivity (Wildman–Crippen MR) is 77.2 cm³/mol. The molecule has 1 N–H and O–H groups in total. The zero-order valence-electron chi connectivity index (χ0n) is 11.1. The summed E-state index contributed by atoms with van der Waals surface area (Å²) in [4.78, 5) is 16.3. The van der Waals surface area contributed by atoms with Gasteiger partial charge in [-0.2, -0.15) is 4.98 Å². The number of imidazole rings is 1. The molecule has 20 heavy (non-hydrogen) atoms. The number of ether oxygens (including phenoxy) is 1. The van der Waals surface area contributed by atoms with Gasteiger partial charge in [-0.15, -0.1) is 0 Å². The van der Waals surface area contributed by atoms with Gasteiger partial charge in [0.15, 0.2) is 5.65 Å². The SMILES string of the molecule is COc1nc2nc(C)[nH]c2nc1Cc1ccc(Cl)cc1. The van der Waals surface area contributed by atoms with E-state index >= 15 is 0 Å². The molecule has 102 valence electrons. The van der Waals surface area contributed by atoms with Gasteiger partial charge in [0.2, 0.25) is 11.5 Å². The fourth-order valence-corrected chi connectivity index (χ4v) is 2.17. The van der Waals surface area contributed by atoms with E-state index in [4.69, 9.17) is 16.3 Å². The lowest BCUT2D eigenvalue weighted by atomic mass is 10.1. The number of halogens is 1. The Labute approximate surface area is 121 Å². The Hall–Kier alpha value is -2.14. The number of methoxy groups -OCH3 is 1. The largest absolute Gasteiger partial charge is 0.480 e. The highest BCUT2D eigenvalue weighted by Gasteiger charge is 2.12. The normalized spacial score (nSPS) is 10.9. The summed E-state index contributed by atoms with van der Waals surface area (Å²) in [5.74, 6) is 1.28. The molecule has 0 aliphatic carbocycles. The van der Waals surface area contributed by atoms with Crippen LogP contribution in [0.25, 0.3) is 11.3 Å². The first-order valence-corrected chi connectivity index (χ1v) is 6.55. The molecule has 0 atom stereocenters. The Morgan fingerprint density at radius 1 is 1.15 bits per heavy atom. The first-order chi connectivity index (χ1) is 9.65. The molecule has 0 unspecified atom stereocenters. The van der Waals surface area contributed by atoms with E-state index in [9.17, 15) is 0 Å². The van der Waals surface area contributed by atoms with E-state index in [1.165, 1.54) is 0 Å². The van der Waals surface area contributed by atoms with E-state index in [1.807, 2.05) is 31.2 Å². The van der Waals surface area contributed by atoms with Gasteiger partial charge in [0, 0.05) is 11.4 Å². The van der Waals surface area contributed by atoms with Crippen molar-refractivity contribution >= 4 is 22.9 Å². The number of H-pyrrole nitrogens is 1. The van der Waals surface area contributed by atoms with E-state index in [2.05, 4.69) is 19.9 Å². The monoisotopic (exact) mass is 288 g/mol. The maximum Gasteiger partial charge on any atom is 0.237 e. The molecule has 0 amide bonds. The molecule has 0 saturated carbocycles. The second-order valence-corrected chi connectivity index (χ2v) is 4.91. The number of aromatic nitrogens is 4. The Morgan fingerprint density at radius 2 is 1.90 bits per heavy atom. The summed E-state index contributed by atoms with van der Waals surface area (Å²) in [6.45, 7) is 1.87. The van der Waals surface area contributed by atoms with Gasteiger partial charge in [0.25, 0.3) is 0 Å². The second-order valence-electron chi connectivity index (χ2n) is 4.48. The molecule has 3 rings (SSSR count). The summed E-state index contributed by atoms with van der Waals surface area (Å²) in [7, 11) is 1.58. The van der Waals surface area contributed by atoms with Crippen molar-refractivity contribution in [3.63, 3.8) is 0 Å². The molecule has 5 nitrogen and oxygen atoms in total. The lowest BCUT2D eigenvalue weighted by molar-refractivity contribution is 0.392. The van der Waals surface area contributed by atoms with Gasteiger partial charge >= 0.3 is 0 Å². The molecule has 0 bridgehead atoms. The van der Waals surface area contributed by atoms with Gasteiger partial charge in [-0.1, -0.05) is 23.7 Å². The van der Waals surface area contributed by atoms with Crippen LogP contribution in [-0.2, 0) is 6.42 Å². The number of nitrogens with one attached hydrogen (secondary N) is 1. The number of benzene rings is 1. The lowest BCUT2D eigenvalue weighted by Crippen LogP contribution is -2.00. The van der Waals surface area contributed by atoms with Gasteiger partial charge < -0.3 is 9.72 Å². The average Bonchev–Trinajstić information content (AvgIpc) is 2.79. The van der Waals surface area contributed by atoms with E-state index < -0.39 is 0 Å². The van der Waals surface area contributed by atoms with Crippen LogP contribution >= 0.6 is 11.6 Å². The third-order valence-electron chi connectivity index (χ3n) is 2.96. The number of hydrogen-bond acceptors (Lipinski definition) is 4. The van der Waals surface area contributed by atoms with Crippen molar-refractivity contribution in [2.24, 2.45) is 0 Å². The zero-order chi connectivity index (χ0) is 14.1. The smallest absolute Gasteiger partial charge is 0.237 e. The maximum atomic E-state index is 5.89. The van der Waals surface area contributed by atoms with Crippen molar-refractivity contribution in [2.45, 2.75) is 13.3 Å². The maximum absolute atomic E-state index is 5.89. The van der Waals surface area contributed by atoms with Crippen molar-refractivity contribution in [3.05, 3.63) is 46.4 Å². The van der Waals surface area contributed by atoms with Gasteiger partial charge in [0.1, 0.15) is 11.5 Å². The van der Waals surface area contributed by atoms with Crippen molar-refractivity contribution in [1.82, 2.24) is 19.9 Å². The first-order valence-electron chi connectivity index (χ1n) is 6.17. The lowest BCUT2D eigenvalue weighted by Gasteiger charge is -2.06. The average molecular weight is 289 g/mol. The molecular formula is C14H13ClN4O. The van der Waals surface area contributed by atoms with Gasteiger partial charge in [0.05, 0.1) is 7.11 Å². The molecular weight excluding hydrogens is 276 g/mol. The Morgan fingerprint density at radius 3 is 2.60 bits per heavy atom. The van der Waals surface area contributed by atoms with Gasteiger partial charge in [-0.05, 0) is 24.6 Å². The highest BCUT2D eigenvalue weighted by atomic mass is 35.5. The number of aryl methyl sites for hydroxylation is 1. The second kappa shape index (κ2) is 5.09. The number of nitrogens with zero attached hydrogens (tertiary/aromatic N) is 3. The Balaban J connectivity index is 2.02. The summed E-state index contributed by atoms with van der Waals surface area (Å²) >= 11 is 5.89. The van der Waals surface area contributed by atoms with Crippen molar-refractivity contribution < 1.29 is 4.74 Å². The third kappa shape index (κ3) is 2.44. The zero-order valence-corrected chi connectivity index (χ0v) is 11.9.